The molecule has 2 nitrogen and oxygen atoms in total. The van der Waals surface area contributed by atoms with Crippen LogP contribution in [0.5, 0.6) is 0 Å². The van der Waals surface area contributed by atoms with Gasteiger partial charge in [-0.25, -0.2) is 0 Å². The fourth-order valence-electron chi connectivity index (χ4n) is 3.43. The lowest BCUT2D eigenvalue weighted by atomic mass is 9.85. The molecular weight excluding hydrogens is 258 g/mol. The van der Waals surface area contributed by atoms with Gasteiger partial charge in [0.25, 0.3) is 0 Å². The van der Waals surface area contributed by atoms with Gasteiger partial charge in [-0.3, -0.25) is 0 Å². The minimum absolute atomic E-state index is 0.120. The van der Waals surface area contributed by atoms with E-state index in [9.17, 15) is 0 Å². The van der Waals surface area contributed by atoms with Crippen LogP contribution in [0.1, 0.15) is 58.4 Å². The number of ether oxygens (including phenoxy) is 1. The summed E-state index contributed by atoms with van der Waals surface area (Å²) >= 11 is 0. The van der Waals surface area contributed by atoms with Crippen LogP contribution in [0.15, 0.2) is 30.3 Å². The SMILES string of the molecule is CCC1(CC)CC(NC(C)CCc2ccccc2)CCO1. The topological polar surface area (TPSA) is 21.3 Å². The molecule has 1 fully saturated rings. The molecule has 0 radical (unpaired) electrons. The van der Waals surface area contributed by atoms with Crippen LogP contribution in [-0.4, -0.2) is 24.3 Å². The number of rotatable bonds is 7. The molecule has 2 unspecified atom stereocenters. The first kappa shape index (κ1) is 16.5. The number of benzene rings is 1. The molecule has 2 atom stereocenters. The van der Waals surface area contributed by atoms with E-state index in [2.05, 4.69) is 56.4 Å². The van der Waals surface area contributed by atoms with Gasteiger partial charge in [-0.1, -0.05) is 44.2 Å². The number of nitrogens with one attached hydrogen (secondary N) is 1. The van der Waals surface area contributed by atoms with Gasteiger partial charge in [-0.15, -0.1) is 0 Å². The smallest absolute Gasteiger partial charge is 0.0692 e. The Morgan fingerprint density at radius 2 is 1.95 bits per heavy atom. The number of hydrogen-bond acceptors (Lipinski definition) is 2. The summed E-state index contributed by atoms with van der Waals surface area (Å²) in [5.74, 6) is 0. The van der Waals surface area contributed by atoms with E-state index in [-0.39, 0.29) is 5.60 Å². The van der Waals surface area contributed by atoms with Crippen molar-refractivity contribution in [2.45, 2.75) is 77.0 Å². The third kappa shape index (κ3) is 4.82. The van der Waals surface area contributed by atoms with E-state index in [1.807, 2.05) is 0 Å². The van der Waals surface area contributed by atoms with Crippen LogP contribution in [0, 0.1) is 0 Å². The summed E-state index contributed by atoms with van der Waals surface area (Å²) < 4.78 is 6.07. The molecule has 1 aliphatic rings. The van der Waals surface area contributed by atoms with Gasteiger partial charge in [0, 0.05) is 18.7 Å². The first-order chi connectivity index (χ1) is 10.2. The predicted octanol–water partition coefficient (Wildman–Crippen LogP) is 4.34. The van der Waals surface area contributed by atoms with Gasteiger partial charge in [0.05, 0.1) is 5.60 Å². The van der Waals surface area contributed by atoms with E-state index in [0.717, 1.165) is 38.7 Å². The van der Waals surface area contributed by atoms with Crippen molar-refractivity contribution in [1.82, 2.24) is 5.32 Å². The molecule has 0 aromatic heterocycles. The molecule has 1 aliphatic heterocycles. The van der Waals surface area contributed by atoms with Crippen molar-refractivity contribution in [3.63, 3.8) is 0 Å². The molecule has 2 rings (SSSR count). The van der Waals surface area contributed by atoms with Gasteiger partial charge < -0.3 is 10.1 Å². The summed E-state index contributed by atoms with van der Waals surface area (Å²) in [4.78, 5) is 0. The molecule has 1 aromatic rings. The Hall–Kier alpha value is -0.860. The maximum absolute atomic E-state index is 6.07. The zero-order chi connectivity index (χ0) is 15.1. The summed E-state index contributed by atoms with van der Waals surface area (Å²) in [6.07, 6.45) is 6.92. The molecule has 1 heterocycles. The molecular formula is C19H31NO. The van der Waals surface area contributed by atoms with E-state index in [4.69, 9.17) is 4.74 Å². The van der Waals surface area contributed by atoms with E-state index in [1.54, 1.807) is 0 Å². The standard InChI is InChI=1S/C19H31NO/c1-4-19(5-2)15-18(13-14-21-19)20-16(3)11-12-17-9-7-6-8-10-17/h6-10,16,18,20H,4-5,11-15H2,1-3H3. The van der Waals surface area contributed by atoms with Crippen LogP contribution in [-0.2, 0) is 11.2 Å². The molecule has 0 aliphatic carbocycles. The maximum Gasteiger partial charge on any atom is 0.0692 e. The summed E-state index contributed by atoms with van der Waals surface area (Å²) in [6.45, 7) is 7.73. The Balaban J connectivity index is 1.78. The van der Waals surface area contributed by atoms with Crippen LogP contribution < -0.4 is 5.32 Å². The highest BCUT2D eigenvalue weighted by atomic mass is 16.5. The fourth-order valence-corrected chi connectivity index (χ4v) is 3.43. The zero-order valence-corrected chi connectivity index (χ0v) is 13.9. The van der Waals surface area contributed by atoms with Crippen LogP contribution in [0.25, 0.3) is 0 Å². The summed E-state index contributed by atoms with van der Waals surface area (Å²) in [6, 6.07) is 12.0. The molecule has 1 N–H and O–H groups in total. The molecule has 1 saturated heterocycles. The Kier molecular flexibility index (Phi) is 6.25. The highest BCUT2D eigenvalue weighted by Crippen LogP contribution is 2.31. The second kappa shape index (κ2) is 7.95. The van der Waals surface area contributed by atoms with Crippen molar-refractivity contribution in [2.24, 2.45) is 0 Å². The molecule has 0 saturated carbocycles. The minimum Gasteiger partial charge on any atom is -0.375 e. The van der Waals surface area contributed by atoms with Crippen LogP contribution in [0.2, 0.25) is 0 Å². The Bertz CT molecular complexity index is 399. The van der Waals surface area contributed by atoms with Crippen LogP contribution in [0.3, 0.4) is 0 Å². The normalized spacial score (nSPS) is 22.9. The molecule has 2 heteroatoms. The summed E-state index contributed by atoms with van der Waals surface area (Å²) in [5.41, 5.74) is 1.56. The lowest BCUT2D eigenvalue weighted by molar-refractivity contribution is -0.0939. The van der Waals surface area contributed by atoms with Crippen molar-refractivity contribution in [2.75, 3.05) is 6.61 Å². The monoisotopic (exact) mass is 289 g/mol. The van der Waals surface area contributed by atoms with Crippen molar-refractivity contribution < 1.29 is 4.74 Å². The Labute approximate surface area is 130 Å². The van der Waals surface area contributed by atoms with Gasteiger partial charge in [0.1, 0.15) is 0 Å². The summed E-state index contributed by atoms with van der Waals surface area (Å²) in [7, 11) is 0. The second-order valence-corrected chi connectivity index (χ2v) is 6.52. The molecule has 0 bridgehead atoms. The van der Waals surface area contributed by atoms with Gasteiger partial charge in [0.2, 0.25) is 0 Å². The molecule has 118 valence electrons. The van der Waals surface area contributed by atoms with Crippen molar-refractivity contribution in [3.8, 4) is 0 Å². The maximum atomic E-state index is 6.07. The van der Waals surface area contributed by atoms with E-state index in [0.29, 0.717) is 12.1 Å². The molecule has 0 spiro atoms. The van der Waals surface area contributed by atoms with E-state index < -0.39 is 0 Å². The van der Waals surface area contributed by atoms with Crippen molar-refractivity contribution in [1.29, 1.82) is 0 Å². The lowest BCUT2D eigenvalue weighted by Crippen LogP contribution is -2.48. The Morgan fingerprint density at radius 3 is 2.62 bits per heavy atom. The highest BCUT2D eigenvalue weighted by molar-refractivity contribution is 5.14. The largest absolute Gasteiger partial charge is 0.375 e. The number of hydrogen-bond donors (Lipinski definition) is 1. The highest BCUT2D eigenvalue weighted by Gasteiger charge is 2.34. The van der Waals surface area contributed by atoms with Gasteiger partial charge >= 0.3 is 0 Å². The summed E-state index contributed by atoms with van der Waals surface area (Å²) in [5, 5.41) is 3.83. The quantitative estimate of drug-likeness (QED) is 0.806. The molecule has 1 aromatic carbocycles. The van der Waals surface area contributed by atoms with Gasteiger partial charge in [-0.2, -0.15) is 0 Å². The van der Waals surface area contributed by atoms with Crippen molar-refractivity contribution in [3.05, 3.63) is 35.9 Å². The predicted molar refractivity (Wildman–Crippen MR) is 89.6 cm³/mol. The second-order valence-electron chi connectivity index (χ2n) is 6.52. The minimum atomic E-state index is 0.120. The lowest BCUT2D eigenvalue weighted by Gasteiger charge is -2.41. The average Bonchev–Trinajstić information content (AvgIpc) is 2.54. The first-order valence-electron chi connectivity index (χ1n) is 8.61. The fraction of sp³-hybridized carbons (Fsp3) is 0.684. The van der Waals surface area contributed by atoms with Crippen molar-refractivity contribution >= 4 is 0 Å². The van der Waals surface area contributed by atoms with Crippen LogP contribution in [0.4, 0.5) is 0 Å². The van der Waals surface area contributed by atoms with Gasteiger partial charge in [0.15, 0.2) is 0 Å². The first-order valence-corrected chi connectivity index (χ1v) is 8.61. The van der Waals surface area contributed by atoms with E-state index in [1.165, 1.54) is 12.0 Å². The zero-order valence-electron chi connectivity index (χ0n) is 13.9. The number of aryl methyl sites for hydroxylation is 1. The Morgan fingerprint density at radius 1 is 1.24 bits per heavy atom. The van der Waals surface area contributed by atoms with E-state index >= 15 is 0 Å². The average molecular weight is 289 g/mol. The molecule has 0 amide bonds. The van der Waals surface area contributed by atoms with Crippen LogP contribution >= 0.6 is 0 Å². The third-order valence-electron chi connectivity index (χ3n) is 5.01. The molecule has 21 heavy (non-hydrogen) atoms. The third-order valence-corrected chi connectivity index (χ3v) is 5.01. The van der Waals surface area contributed by atoms with Gasteiger partial charge in [-0.05, 0) is 51.0 Å².